The van der Waals surface area contributed by atoms with Gasteiger partial charge in [-0.2, -0.15) is 0 Å². The lowest BCUT2D eigenvalue weighted by Crippen LogP contribution is -2.39. The smallest absolute Gasteiger partial charge is 0.0302 e. The fourth-order valence-electron chi connectivity index (χ4n) is 3.11. The average molecular weight is 223 g/mol. The van der Waals surface area contributed by atoms with Crippen LogP contribution in [0.5, 0.6) is 0 Å². The fourth-order valence-corrected chi connectivity index (χ4v) is 3.11. The molecule has 1 aliphatic rings. The van der Waals surface area contributed by atoms with Crippen molar-refractivity contribution in [3.8, 4) is 0 Å². The molecular weight excluding hydrogens is 194 g/mol. The van der Waals surface area contributed by atoms with Crippen molar-refractivity contribution in [2.75, 3.05) is 6.54 Å². The largest absolute Gasteiger partial charge is 0.310 e. The highest BCUT2D eigenvalue weighted by molar-refractivity contribution is 5.05. The lowest BCUT2D eigenvalue weighted by Gasteiger charge is -2.36. The maximum absolute atomic E-state index is 4.14. The van der Waals surface area contributed by atoms with E-state index in [4.69, 9.17) is 0 Å². The van der Waals surface area contributed by atoms with Gasteiger partial charge in [0, 0.05) is 6.04 Å². The zero-order valence-electron chi connectivity index (χ0n) is 11.6. The summed E-state index contributed by atoms with van der Waals surface area (Å²) < 4.78 is 0. The number of likely N-dealkylation sites (N-methyl/N-ethyl adjacent to an activating group) is 1. The molecule has 1 aliphatic carbocycles. The van der Waals surface area contributed by atoms with Gasteiger partial charge in [-0.05, 0) is 56.9 Å². The third-order valence-electron chi connectivity index (χ3n) is 4.19. The summed E-state index contributed by atoms with van der Waals surface area (Å²) in [4.78, 5) is 0. The first-order chi connectivity index (χ1) is 7.56. The molecule has 0 heterocycles. The minimum Gasteiger partial charge on any atom is -0.310 e. The van der Waals surface area contributed by atoms with E-state index in [1.54, 1.807) is 0 Å². The van der Waals surface area contributed by atoms with Crippen molar-refractivity contribution in [1.82, 2.24) is 5.32 Å². The van der Waals surface area contributed by atoms with Gasteiger partial charge in [0.05, 0.1) is 0 Å². The number of hydrogen-bond donors (Lipinski definition) is 1. The predicted molar refractivity (Wildman–Crippen MR) is 72.6 cm³/mol. The molecule has 0 saturated heterocycles. The highest BCUT2D eigenvalue weighted by atomic mass is 14.9. The monoisotopic (exact) mass is 223 g/mol. The summed E-state index contributed by atoms with van der Waals surface area (Å²) in [6.45, 7) is 14.3. The van der Waals surface area contributed by atoms with Crippen LogP contribution in [0.2, 0.25) is 0 Å². The summed E-state index contributed by atoms with van der Waals surface area (Å²) in [5, 5.41) is 3.60. The Kier molecular flexibility index (Phi) is 5.54. The Labute approximate surface area is 102 Å². The quantitative estimate of drug-likeness (QED) is 0.695. The summed E-state index contributed by atoms with van der Waals surface area (Å²) in [5.41, 5.74) is 1.31. The summed E-state index contributed by atoms with van der Waals surface area (Å²) in [6.07, 6.45) is 5.59. The molecule has 0 aliphatic heterocycles. The van der Waals surface area contributed by atoms with Gasteiger partial charge < -0.3 is 5.32 Å². The molecular formula is C15H29N. The molecule has 0 aromatic rings. The molecule has 1 atom stereocenters. The third-order valence-corrected chi connectivity index (χ3v) is 4.19. The maximum Gasteiger partial charge on any atom is 0.0302 e. The van der Waals surface area contributed by atoms with Crippen LogP contribution >= 0.6 is 0 Å². The molecule has 16 heavy (non-hydrogen) atoms. The van der Waals surface area contributed by atoms with Crippen LogP contribution in [0.3, 0.4) is 0 Å². The zero-order chi connectivity index (χ0) is 12.1. The Hall–Kier alpha value is -0.300. The van der Waals surface area contributed by atoms with E-state index in [-0.39, 0.29) is 0 Å². The first-order valence-electron chi connectivity index (χ1n) is 6.95. The van der Waals surface area contributed by atoms with Gasteiger partial charge in [0.1, 0.15) is 0 Å². The second-order valence-corrected chi connectivity index (χ2v) is 5.80. The molecule has 0 amide bonds. The number of nitrogens with one attached hydrogen (secondary N) is 1. The van der Waals surface area contributed by atoms with E-state index < -0.39 is 0 Å². The summed E-state index contributed by atoms with van der Waals surface area (Å²) in [6, 6.07) is 0.554. The molecule has 1 unspecified atom stereocenters. The topological polar surface area (TPSA) is 12.0 Å². The van der Waals surface area contributed by atoms with Crippen molar-refractivity contribution in [3.05, 3.63) is 12.2 Å². The molecule has 0 bridgehead atoms. The Morgan fingerprint density at radius 3 is 2.06 bits per heavy atom. The van der Waals surface area contributed by atoms with Crippen LogP contribution in [0.4, 0.5) is 0 Å². The molecule has 1 heteroatoms. The minimum absolute atomic E-state index is 0.554. The molecule has 0 radical (unpaired) electrons. The Morgan fingerprint density at radius 1 is 1.19 bits per heavy atom. The van der Waals surface area contributed by atoms with Crippen molar-refractivity contribution in [2.24, 2.45) is 17.8 Å². The Morgan fingerprint density at radius 2 is 1.69 bits per heavy atom. The SMILES string of the molecule is C=C(C)C(NCC)C1CCC(C(C)C)CC1. The van der Waals surface area contributed by atoms with Gasteiger partial charge in [-0.25, -0.2) is 0 Å². The highest BCUT2D eigenvalue weighted by Crippen LogP contribution is 2.35. The maximum atomic E-state index is 4.14. The lowest BCUT2D eigenvalue weighted by atomic mass is 9.73. The van der Waals surface area contributed by atoms with Crippen molar-refractivity contribution in [3.63, 3.8) is 0 Å². The van der Waals surface area contributed by atoms with Crippen LogP contribution in [0, 0.1) is 17.8 Å². The first-order valence-corrected chi connectivity index (χ1v) is 6.95. The van der Waals surface area contributed by atoms with Gasteiger partial charge in [0.15, 0.2) is 0 Å². The second kappa shape index (κ2) is 6.44. The van der Waals surface area contributed by atoms with Crippen molar-refractivity contribution in [2.45, 2.75) is 59.4 Å². The van der Waals surface area contributed by atoms with E-state index in [0.717, 1.165) is 24.3 Å². The van der Waals surface area contributed by atoms with Gasteiger partial charge in [-0.15, -0.1) is 0 Å². The van der Waals surface area contributed by atoms with Gasteiger partial charge in [-0.3, -0.25) is 0 Å². The minimum atomic E-state index is 0.554. The fraction of sp³-hybridized carbons (Fsp3) is 0.867. The summed E-state index contributed by atoms with van der Waals surface area (Å²) in [5.74, 6) is 2.65. The van der Waals surface area contributed by atoms with Gasteiger partial charge in [0.25, 0.3) is 0 Å². The van der Waals surface area contributed by atoms with E-state index in [1.807, 2.05) is 0 Å². The normalized spacial score (nSPS) is 28.1. The molecule has 1 N–H and O–H groups in total. The summed E-state index contributed by atoms with van der Waals surface area (Å²) >= 11 is 0. The molecule has 0 aromatic carbocycles. The molecule has 94 valence electrons. The standard InChI is InChI=1S/C15H29N/c1-6-16-15(12(4)5)14-9-7-13(8-10-14)11(2)3/h11,13-16H,4,6-10H2,1-3,5H3. The predicted octanol–water partition coefficient (Wildman–Crippen LogP) is 4.00. The molecule has 1 saturated carbocycles. The van der Waals surface area contributed by atoms with Crippen LogP contribution in [0.15, 0.2) is 12.2 Å². The number of hydrogen-bond acceptors (Lipinski definition) is 1. The van der Waals surface area contributed by atoms with Gasteiger partial charge >= 0.3 is 0 Å². The van der Waals surface area contributed by atoms with E-state index in [2.05, 4.69) is 39.6 Å². The second-order valence-electron chi connectivity index (χ2n) is 5.80. The third kappa shape index (κ3) is 3.62. The molecule has 0 spiro atoms. The van der Waals surface area contributed by atoms with E-state index in [1.165, 1.54) is 31.3 Å². The molecule has 0 aromatic heterocycles. The molecule has 1 nitrogen and oxygen atoms in total. The van der Waals surface area contributed by atoms with E-state index in [9.17, 15) is 0 Å². The highest BCUT2D eigenvalue weighted by Gasteiger charge is 2.28. The van der Waals surface area contributed by atoms with Crippen LogP contribution < -0.4 is 5.32 Å². The average Bonchev–Trinajstić information content (AvgIpc) is 2.25. The van der Waals surface area contributed by atoms with Crippen LogP contribution in [0.25, 0.3) is 0 Å². The lowest BCUT2D eigenvalue weighted by molar-refractivity contribution is 0.200. The van der Waals surface area contributed by atoms with E-state index in [0.29, 0.717) is 6.04 Å². The van der Waals surface area contributed by atoms with Crippen molar-refractivity contribution in [1.29, 1.82) is 0 Å². The van der Waals surface area contributed by atoms with Crippen LogP contribution in [-0.2, 0) is 0 Å². The van der Waals surface area contributed by atoms with Gasteiger partial charge in [0.2, 0.25) is 0 Å². The van der Waals surface area contributed by atoms with Crippen LogP contribution in [-0.4, -0.2) is 12.6 Å². The zero-order valence-corrected chi connectivity index (χ0v) is 11.6. The molecule has 1 fully saturated rings. The molecule has 1 rings (SSSR count). The van der Waals surface area contributed by atoms with Crippen molar-refractivity contribution < 1.29 is 0 Å². The van der Waals surface area contributed by atoms with E-state index >= 15 is 0 Å². The van der Waals surface area contributed by atoms with Crippen LogP contribution in [0.1, 0.15) is 53.4 Å². The van der Waals surface area contributed by atoms with Gasteiger partial charge in [-0.1, -0.05) is 32.9 Å². The Bertz CT molecular complexity index is 211. The Balaban J connectivity index is 2.47. The number of rotatable bonds is 5. The first kappa shape index (κ1) is 13.8. The summed E-state index contributed by atoms with van der Waals surface area (Å²) in [7, 11) is 0. The van der Waals surface area contributed by atoms with Crippen molar-refractivity contribution >= 4 is 0 Å².